The number of ether oxygens (including phenoxy) is 3. The first-order valence-corrected chi connectivity index (χ1v) is 9.57. The van der Waals surface area contributed by atoms with Gasteiger partial charge in [-0.05, 0) is 45.4 Å². The van der Waals surface area contributed by atoms with E-state index in [0.717, 1.165) is 0 Å². The fraction of sp³-hybridized carbons (Fsp3) is 0.571. The lowest BCUT2D eigenvalue weighted by atomic mass is 9.61. The third kappa shape index (κ3) is 4.52. The van der Waals surface area contributed by atoms with Crippen molar-refractivity contribution in [2.45, 2.75) is 45.6 Å². The number of esters is 2. The van der Waals surface area contributed by atoms with Crippen molar-refractivity contribution in [2.24, 2.45) is 11.8 Å². The van der Waals surface area contributed by atoms with Crippen LogP contribution in [0.15, 0.2) is 24.3 Å². The zero-order valence-electron chi connectivity index (χ0n) is 16.8. The average Bonchev–Trinajstić information content (AvgIpc) is 2.61. The highest BCUT2D eigenvalue weighted by atomic mass is 16.5. The van der Waals surface area contributed by atoms with Crippen molar-refractivity contribution >= 4 is 17.7 Å². The summed E-state index contributed by atoms with van der Waals surface area (Å²) in [6.45, 7) is 7.32. The zero-order valence-corrected chi connectivity index (χ0v) is 16.8. The SMILES string of the molecule is CCOC(=O)[C@@H]1C(=O)C[C@](C)(O)[C@@H](C(=O)OCC)[C@@H]1c1ccc(OCC)cc1. The maximum Gasteiger partial charge on any atom is 0.317 e. The molecule has 1 N–H and O–H groups in total. The van der Waals surface area contributed by atoms with E-state index in [-0.39, 0.29) is 19.6 Å². The Kier molecular flexibility index (Phi) is 7.18. The van der Waals surface area contributed by atoms with Crippen molar-refractivity contribution in [1.82, 2.24) is 0 Å². The maximum atomic E-state index is 12.8. The fourth-order valence-corrected chi connectivity index (χ4v) is 3.83. The van der Waals surface area contributed by atoms with Crippen LogP contribution in [0.25, 0.3) is 0 Å². The Labute approximate surface area is 165 Å². The number of aliphatic hydroxyl groups is 1. The molecule has 1 aliphatic rings. The van der Waals surface area contributed by atoms with Crippen molar-refractivity contribution in [3.05, 3.63) is 29.8 Å². The predicted molar refractivity (Wildman–Crippen MR) is 101 cm³/mol. The second-order valence-electron chi connectivity index (χ2n) is 6.99. The van der Waals surface area contributed by atoms with Gasteiger partial charge in [0.2, 0.25) is 0 Å². The molecule has 4 atom stereocenters. The van der Waals surface area contributed by atoms with Crippen molar-refractivity contribution in [2.75, 3.05) is 19.8 Å². The van der Waals surface area contributed by atoms with E-state index in [1.165, 1.54) is 6.92 Å². The first-order valence-electron chi connectivity index (χ1n) is 9.57. The molecule has 0 heterocycles. The van der Waals surface area contributed by atoms with Gasteiger partial charge in [-0.25, -0.2) is 0 Å². The molecule has 1 aliphatic carbocycles. The molecule has 1 aromatic rings. The van der Waals surface area contributed by atoms with Crippen molar-refractivity contribution in [3.8, 4) is 5.75 Å². The molecule has 2 rings (SSSR count). The molecule has 28 heavy (non-hydrogen) atoms. The highest BCUT2D eigenvalue weighted by Crippen LogP contribution is 2.46. The Balaban J connectivity index is 2.56. The summed E-state index contributed by atoms with van der Waals surface area (Å²) in [5.74, 6) is -4.34. The second kappa shape index (κ2) is 9.19. The van der Waals surface area contributed by atoms with Crippen LogP contribution in [-0.4, -0.2) is 48.3 Å². The lowest BCUT2D eigenvalue weighted by Gasteiger charge is -2.43. The number of ketones is 1. The summed E-state index contributed by atoms with van der Waals surface area (Å²) in [5.41, 5.74) is -1.08. The summed E-state index contributed by atoms with van der Waals surface area (Å²) in [7, 11) is 0. The predicted octanol–water partition coefficient (Wildman–Crippen LogP) is 2.25. The van der Waals surface area contributed by atoms with E-state index in [2.05, 4.69) is 0 Å². The van der Waals surface area contributed by atoms with E-state index in [1.807, 2.05) is 6.92 Å². The molecule has 1 aromatic carbocycles. The molecule has 0 spiro atoms. The normalized spacial score (nSPS) is 27.2. The number of benzene rings is 1. The number of carbonyl (C=O) groups is 3. The zero-order chi connectivity index (χ0) is 20.9. The molecule has 7 heteroatoms. The van der Waals surface area contributed by atoms with Crippen LogP contribution in [0.2, 0.25) is 0 Å². The van der Waals surface area contributed by atoms with Crippen LogP contribution in [0.3, 0.4) is 0 Å². The van der Waals surface area contributed by atoms with Crippen LogP contribution in [-0.2, 0) is 23.9 Å². The van der Waals surface area contributed by atoms with Crippen LogP contribution >= 0.6 is 0 Å². The Hall–Kier alpha value is -2.41. The van der Waals surface area contributed by atoms with Gasteiger partial charge in [0.1, 0.15) is 11.7 Å². The van der Waals surface area contributed by atoms with E-state index in [4.69, 9.17) is 14.2 Å². The molecule has 154 valence electrons. The number of Topliss-reactive ketones (excluding diaryl/α,β-unsaturated/α-hetero) is 1. The standard InChI is InChI=1S/C21H28O7/c1-5-26-14-10-8-13(9-11-14)16-17(19(23)27-6-2)15(22)12-21(4,25)18(16)20(24)28-7-3/h8-11,16-18,25H,5-7,12H2,1-4H3/t16-,17-,18-,21+/m1/s1. The van der Waals surface area contributed by atoms with Crippen molar-refractivity contribution in [3.63, 3.8) is 0 Å². The lowest BCUT2D eigenvalue weighted by molar-refractivity contribution is -0.172. The summed E-state index contributed by atoms with van der Waals surface area (Å²) in [6.07, 6.45) is -0.326. The molecule has 0 aromatic heterocycles. The van der Waals surface area contributed by atoms with E-state index in [0.29, 0.717) is 17.9 Å². The third-order valence-electron chi connectivity index (χ3n) is 4.92. The maximum absolute atomic E-state index is 12.8. The molecule has 0 unspecified atom stereocenters. The van der Waals surface area contributed by atoms with Crippen molar-refractivity contribution in [1.29, 1.82) is 0 Å². The molecule has 7 nitrogen and oxygen atoms in total. The van der Waals surface area contributed by atoms with Gasteiger partial charge in [-0.2, -0.15) is 0 Å². The van der Waals surface area contributed by atoms with Gasteiger partial charge >= 0.3 is 11.9 Å². The molecule has 0 radical (unpaired) electrons. The number of carbonyl (C=O) groups excluding carboxylic acids is 3. The summed E-state index contributed by atoms with van der Waals surface area (Å²) >= 11 is 0. The highest BCUT2D eigenvalue weighted by Gasteiger charge is 2.57. The fourth-order valence-electron chi connectivity index (χ4n) is 3.83. The van der Waals surface area contributed by atoms with Crippen LogP contribution in [0, 0.1) is 11.8 Å². The molecule has 0 aliphatic heterocycles. The summed E-state index contributed by atoms with van der Waals surface area (Å²) in [4.78, 5) is 38.1. The van der Waals surface area contributed by atoms with Gasteiger partial charge in [0.05, 0.1) is 31.3 Å². The van der Waals surface area contributed by atoms with Gasteiger partial charge in [0.25, 0.3) is 0 Å². The first kappa shape index (κ1) is 21.9. The van der Waals surface area contributed by atoms with Crippen molar-refractivity contribution < 1.29 is 33.7 Å². The Morgan fingerprint density at radius 2 is 1.61 bits per heavy atom. The molecule has 0 amide bonds. The smallest absolute Gasteiger partial charge is 0.317 e. The molecule has 0 saturated heterocycles. The van der Waals surface area contributed by atoms with Crippen LogP contribution in [0.5, 0.6) is 5.75 Å². The van der Waals surface area contributed by atoms with Gasteiger partial charge in [-0.15, -0.1) is 0 Å². The topological polar surface area (TPSA) is 99.1 Å². The minimum Gasteiger partial charge on any atom is -0.494 e. The average molecular weight is 392 g/mol. The minimum atomic E-state index is -1.64. The molecule has 1 saturated carbocycles. The third-order valence-corrected chi connectivity index (χ3v) is 4.92. The van der Waals surface area contributed by atoms with Crippen LogP contribution < -0.4 is 4.74 Å². The largest absolute Gasteiger partial charge is 0.494 e. The molecule has 1 fully saturated rings. The van der Waals surface area contributed by atoms with Gasteiger partial charge in [0.15, 0.2) is 5.78 Å². The van der Waals surface area contributed by atoms with E-state index < -0.39 is 41.1 Å². The van der Waals surface area contributed by atoms with Gasteiger partial charge in [-0.3, -0.25) is 14.4 Å². The van der Waals surface area contributed by atoms with E-state index in [9.17, 15) is 19.5 Å². The summed E-state index contributed by atoms with van der Waals surface area (Å²) in [5, 5.41) is 10.9. The van der Waals surface area contributed by atoms with E-state index >= 15 is 0 Å². The van der Waals surface area contributed by atoms with Gasteiger partial charge in [0, 0.05) is 12.3 Å². The molecular weight excluding hydrogens is 364 g/mol. The first-order chi connectivity index (χ1) is 13.3. The Bertz CT molecular complexity index is 708. The Morgan fingerprint density at radius 1 is 1.04 bits per heavy atom. The highest BCUT2D eigenvalue weighted by molar-refractivity contribution is 6.02. The monoisotopic (exact) mass is 392 g/mol. The van der Waals surface area contributed by atoms with E-state index in [1.54, 1.807) is 38.1 Å². The second-order valence-corrected chi connectivity index (χ2v) is 6.99. The summed E-state index contributed by atoms with van der Waals surface area (Å²) < 4.78 is 15.7. The number of hydrogen-bond donors (Lipinski definition) is 1. The Morgan fingerprint density at radius 3 is 2.14 bits per heavy atom. The quantitative estimate of drug-likeness (QED) is 0.561. The number of hydrogen-bond acceptors (Lipinski definition) is 7. The van der Waals surface area contributed by atoms with Gasteiger partial charge < -0.3 is 19.3 Å². The summed E-state index contributed by atoms with van der Waals surface area (Å²) in [6, 6.07) is 6.81. The molecular formula is C21H28O7. The molecule has 0 bridgehead atoms. The lowest BCUT2D eigenvalue weighted by Crippen LogP contribution is -2.55. The number of rotatable bonds is 7. The van der Waals surface area contributed by atoms with Gasteiger partial charge in [-0.1, -0.05) is 12.1 Å². The minimum absolute atomic E-state index is 0.110. The van der Waals surface area contributed by atoms with Crippen LogP contribution in [0.4, 0.5) is 0 Å². The van der Waals surface area contributed by atoms with Crippen LogP contribution in [0.1, 0.15) is 45.6 Å².